The summed E-state index contributed by atoms with van der Waals surface area (Å²) in [6, 6.07) is 9.88. The highest BCUT2D eigenvalue weighted by Gasteiger charge is 2.16. The first-order valence-corrected chi connectivity index (χ1v) is 9.64. The number of hydrogen-bond donors (Lipinski definition) is 1. The fourth-order valence-electron chi connectivity index (χ4n) is 1.93. The zero-order valence-corrected chi connectivity index (χ0v) is 14.9. The van der Waals surface area contributed by atoms with Crippen molar-refractivity contribution in [3.63, 3.8) is 0 Å². The van der Waals surface area contributed by atoms with E-state index in [1.807, 2.05) is 17.5 Å². The summed E-state index contributed by atoms with van der Waals surface area (Å²) in [7, 11) is -1.96. The van der Waals surface area contributed by atoms with Crippen LogP contribution in [0.2, 0.25) is 5.02 Å². The van der Waals surface area contributed by atoms with Crippen LogP contribution in [0, 0.1) is 0 Å². The number of nitrogens with zero attached hydrogens (tertiary/aromatic N) is 1. The van der Waals surface area contributed by atoms with Crippen LogP contribution < -0.4 is 4.72 Å². The third-order valence-electron chi connectivity index (χ3n) is 3.14. The van der Waals surface area contributed by atoms with E-state index in [2.05, 4.69) is 4.72 Å². The summed E-state index contributed by atoms with van der Waals surface area (Å²) in [4.78, 5) is 14.8. The van der Waals surface area contributed by atoms with Gasteiger partial charge in [-0.1, -0.05) is 23.7 Å². The summed E-state index contributed by atoms with van der Waals surface area (Å²) in [6.07, 6.45) is 0.0989. The molecule has 1 amide bonds. The molecule has 0 atom stereocenters. The van der Waals surface area contributed by atoms with Crippen molar-refractivity contribution in [1.29, 1.82) is 0 Å². The molecule has 0 aliphatic heterocycles. The van der Waals surface area contributed by atoms with Crippen molar-refractivity contribution >= 4 is 38.9 Å². The average molecular weight is 373 g/mol. The molecule has 5 nitrogen and oxygen atoms in total. The number of hydrogen-bond acceptors (Lipinski definition) is 4. The maximum atomic E-state index is 12.1. The number of benzene rings is 1. The van der Waals surface area contributed by atoms with Gasteiger partial charge >= 0.3 is 0 Å². The molecule has 1 aromatic heterocycles. The van der Waals surface area contributed by atoms with E-state index >= 15 is 0 Å². The number of carbonyl (C=O) groups is 1. The van der Waals surface area contributed by atoms with Gasteiger partial charge in [0, 0.05) is 29.9 Å². The number of sulfonamides is 1. The molecule has 1 heterocycles. The lowest BCUT2D eigenvalue weighted by Crippen LogP contribution is -2.31. The van der Waals surface area contributed by atoms with Crippen LogP contribution >= 0.6 is 22.9 Å². The molecule has 2 rings (SSSR count). The van der Waals surface area contributed by atoms with Crippen molar-refractivity contribution < 1.29 is 13.2 Å². The van der Waals surface area contributed by atoms with Crippen molar-refractivity contribution in [2.24, 2.45) is 0 Å². The predicted molar refractivity (Wildman–Crippen MR) is 92.1 cm³/mol. The second-order valence-corrected chi connectivity index (χ2v) is 8.17. The first-order valence-electron chi connectivity index (χ1n) is 6.90. The van der Waals surface area contributed by atoms with E-state index in [0.717, 1.165) is 4.88 Å². The Kier molecular flexibility index (Phi) is 6.17. The lowest BCUT2D eigenvalue weighted by molar-refractivity contribution is -0.130. The maximum Gasteiger partial charge on any atom is 0.240 e. The topological polar surface area (TPSA) is 66.5 Å². The highest BCUT2D eigenvalue weighted by molar-refractivity contribution is 7.89. The lowest BCUT2D eigenvalue weighted by Gasteiger charge is -2.16. The van der Waals surface area contributed by atoms with E-state index in [4.69, 9.17) is 11.6 Å². The molecule has 2 aromatic rings. The molecule has 0 fully saturated rings. The molecule has 0 unspecified atom stereocenters. The molecule has 124 valence electrons. The van der Waals surface area contributed by atoms with Gasteiger partial charge in [-0.25, -0.2) is 13.1 Å². The molecule has 8 heteroatoms. The van der Waals surface area contributed by atoms with Gasteiger partial charge in [0.25, 0.3) is 0 Å². The van der Waals surface area contributed by atoms with E-state index < -0.39 is 10.0 Å². The van der Waals surface area contributed by atoms with Crippen molar-refractivity contribution in [2.45, 2.75) is 17.9 Å². The van der Waals surface area contributed by atoms with Crippen LogP contribution in [-0.4, -0.2) is 32.8 Å². The quantitative estimate of drug-likeness (QED) is 0.812. The van der Waals surface area contributed by atoms with E-state index in [-0.39, 0.29) is 23.8 Å². The lowest BCUT2D eigenvalue weighted by atomic mass is 10.3. The molecular weight excluding hydrogens is 356 g/mol. The Morgan fingerprint density at radius 2 is 2.09 bits per heavy atom. The van der Waals surface area contributed by atoms with Gasteiger partial charge in [-0.3, -0.25) is 4.79 Å². The number of carbonyl (C=O) groups excluding carboxylic acids is 1. The third-order valence-corrected chi connectivity index (χ3v) is 5.69. The van der Waals surface area contributed by atoms with Crippen molar-refractivity contribution in [3.05, 3.63) is 51.7 Å². The first kappa shape index (κ1) is 17.9. The van der Waals surface area contributed by atoms with Crippen LogP contribution in [0.15, 0.2) is 46.7 Å². The molecule has 0 radical (unpaired) electrons. The molecule has 1 aromatic carbocycles. The molecule has 0 bridgehead atoms. The van der Waals surface area contributed by atoms with Gasteiger partial charge in [0.1, 0.15) is 0 Å². The Hall–Kier alpha value is -1.41. The van der Waals surface area contributed by atoms with Crippen LogP contribution in [0.4, 0.5) is 0 Å². The van der Waals surface area contributed by atoms with Gasteiger partial charge < -0.3 is 4.90 Å². The summed E-state index contributed by atoms with van der Waals surface area (Å²) in [6.45, 7) is 0.569. The van der Waals surface area contributed by atoms with Crippen LogP contribution in [0.3, 0.4) is 0 Å². The highest BCUT2D eigenvalue weighted by atomic mass is 35.5. The molecule has 23 heavy (non-hydrogen) atoms. The van der Waals surface area contributed by atoms with Gasteiger partial charge in [0.2, 0.25) is 15.9 Å². The Morgan fingerprint density at radius 1 is 1.30 bits per heavy atom. The molecule has 0 saturated heterocycles. The molecule has 0 aliphatic carbocycles. The fraction of sp³-hybridized carbons (Fsp3) is 0.267. The second-order valence-electron chi connectivity index (χ2n) is 4.93. The smallest absolute Gasteiger partial charge is 0.240 e. The van der Waals surface area contributed by atoms with Gasteiger partial charge in [0.05, 0.1) is 11.4 Å². The normalized spacial score (nSPS) is 11.4. The van der Waals surface area contributed by atoms with Gasteiger partial charge in [-0.15, -0.1) is 11.3 Å². The van der Waals surface area contributed by atoms with Crippen LogP contribution in [0.5, 0.6) is 0 Å². The molecular formula is C15H17ClN2O3S2. The minimum atomic E-state index is -3.66. The van der Waals surface area contributed by atoms with Crippen LogP contribution in [0.1, 0.15) is 11.3 Å². The van der Waals surface area contributed by atoms with Crippen molar-refractivity contribution in [3.8, 4) is 0 Å². The Morgan fingerprint density at radius 3 is 2.74 bits per heavy atom. The average Bonchev–Trinajstić information content (AvgIpc) is 3.00. The second kappa shape index (κ2) is 7.92. The van der Waals surface area contributed by atoms with Crippen molar-refractivity contribution in [1.82, 2.24) is 9.62 Å². The molecule has 1 N–H and O–H groups in total. The van der Waals surface area contributed by atoms with Gasteiger partial charge in [0.15, 0.2) is 0 Å². The fourth-order valence-corrected chi connectivity index (χ4v) is 4.01. The largest absolute Gasteiger partial charge is 0.341 e. The van der Waals surface area contributed by atoms with E-state index in [9.17, 15) is 13.2 Å². The highest BCUT2D eigenvalue weighted by Crippen LogP contribution is 2.15. The van der Waals surface area contributed by atoms with E-state index in [1.54, 1.807) is 35.4 Å². The van der Waals surface area contributed by atoms with Gasteiger partial charge in [-0.2, -0.15) is 0 Å². The predicted octanol–water partition coefficient (Wildman–Crippen LogP) is 2.73. The summed E-state index contributed by atoms with van der Waals surface area (Å²) in [5.74, 6) is -0.118. The van der Waals surface area contributed by atoms with Gasteiger partial charge in [-0.05, 0) is 29.6 Å². The van der Waals surface area contributed by atoms with Crippen molar-refractivity contribution in [2.75, 3.05) is 13.6 Å². The Bertz CT molecular complexity index is 761. The number of rotatable bonds is 7. The van der Waals surface area contributed by atoms with E-state index in [1.165, 1.54) is 12.1 Å². The first-order chi connectivity index (χ1) is 10.9. The van der Waals surface area contributed by atoms with Crippen LogP contribution in [0.25, 0.3) is 0 Å². The summed E-state index contributed by atoms with van der Waals surface area (Å²) in [5, 5.41) is 2.30. The van der Waals surface area contributed by atoms with E-state index in [0.29, 0.717) is 11.6 Å². The number of amides is 1. The summed E-state index contributed by atoms with van der Waals surface area (Å²) < 4.78 is 26.6. The number of thiophene rings is 1. The third kappa shape index (κ3) is 5.31. The molecule has 0 aliphatic rings. The maximum absolute atomic E-state index is 12.1. The minimum absolute atomic E-state index is 0.0441. The minimum Gasteiger partial charge on any atom is -0.341 e. The summed E-state index contributed by atoms with van der Waals surface area (Å²) in [5.41, 5.74) is 0. The standard InChI is InChI=1S/C15H17ClN2O3S2/c1-18(11-13-5-3-9-22-13)15(19)7-8-17-23(20,21)14-6-2-4-12(16)10-14/h2-6,9-10,17H,7-8,11H2,1H3. The summed E-state index contributed by atoms with van der Waals surface area (Å²) >= 11 is 7.37. The Balaban J connectivity index is 1.85. The van der Waals surface area contributed by atoms with Crippen LogP contribution in [-0.2, 0) is 21.4 Å². The Labute approximate surface area is 144 Å². The SMILES string of the molecule is CN(Cc1cccs1)C(=O)CCNS(=O)(=O)c1cccc(Cl)c1. The molecule has 0 spiro atoms. The zero-order valence-electron chi connectivity index (χ0n) is 12.5. The molecule has 0 saturated carbocycles. The number of halogens is 1. The monoisotopic (exact) mass is 372 g/mol. The zero-order chi connectivity index (χ0) is 16.9. The number of nitrogens with one attached hydrogen (secondary N) is 1.